The van der Waals surface area contributed by atoms with Crippen LogP contribution in [0.5, 0.6) is 0 Å². The van der Waals surface area contributed by atoms with E-state index in [0.29, 0.717) is 17.3 Å². The lowest BCUT2D eigenvalue weighted by Crippen LogP contribution is -2.51. The Hall–Kier alpha value is -2.75. The van der Waals surface area contributed by atoms with Crippen LogP contribution >= 0.6 is 0 Å². The fourth-order valence-electron chi connectivity index (χ4n) is 3.26. The Morgan fingerprint density at radius 1 is 1.17 bits per heavy atom. The number of carbonyl (C=O) groups excluding carboxylic acids is 2. The first-order chi connectivity index (χ1) is 13.8. The van der Waals surface area contributed by atoms with Crippen LogP contribution in [0.4, 0.5) is 0 Å². The molecule has 1 unspecified atom stereocenters. The lowest BCUT2D eigenvalue weighted by atomic mass is 10.1. The number of nitrogens with one attached hydrogen (secondary N) is 2. The van der Waals surface area contributed by atoms with Gasteiger partial charge in [-0.2, -0.15) is 5.10 Å². The number of aromatic amines is 1. The van der Waals surface area contributed by atoms with Gasteiger partial charge in [0, 0.05) is 30.1 Å². The number of benzene rings is 1. The number of hydrogen-bond acceptors (Lipinski definition) is 6. The first-order valence-electron chi connectivity index (χ1n) is 9.65. The van der Waals surface area contributed by atoms with Crippen molar-refractivity contribution >= 4 is 21.7 Å². The third-order valence-corrected chi connectivity index (χ3v) is 6.86. The molecule has 0 bridgehead atoms. The van der Waals surface area contributed by atoms with Gasteiger partial charge in [0.25, 0.3) is 5.91 Å². The van der Waals surface area contributed by atoms with Crippen LogP contribution in [-0.4, -0.2) is 71.0 Å². The van der Waals surface area contributed by atoms with Crippen LogP contribution in [0.15, 0.2) is 24.3 Å². The Morgan fingerprint density at radius 2 is 1.83 bits per heavy atom. The van der Waals surface area contributed by atoms with Crippen LogP contribution in [0.1, 0.15) is 41.9 Å². The van der Waals surface area contributed by atoms with Crippen LogP contribution in [0.3, 0.4) is 0 Å². The van der Waals surface area contributed by atoms with Crippen molar-refractivity contribution in [3.63, 3.8) is 0 Å². The molecule has 4 rings (SSSR count). The van der Waals surface area contributed by atoms with Crippen LogP contribution in [0.25, 0.3) is 11.4 Å². The average molecular weight is 417 g/mol. The number of amides is 2. The second kappa shape index (κ2) is 7.58. The van der Waals surface area contributed by atoms with Gasteiger partial charge in [-0.05, 0) is 31.9 Å². The fraction of sp³-hybridized carbons (Fsp3) is 0.474. The number of aromatic nitrogens is 3. The Balaban J connectivity index is 1.35. The van der Waals surface area contributed by atoms with E-state index in [1.165, 1.54) is 4.90 Å². The van der Waals surface area contributed by atoms with Crippen LogP contribution < -0.4 is 5.32 Å². The minimum Gasteiger partial charge on any atom is -0.341 e. The Morgan fingerprint density at radius 3 is 2.45 bits per heavy atom. The van der Waals surface area contributed by atoms with Crippen molar-refractivity contribution in [2.75, 3.05) is 24.6 Å². The van der Waals surface area contributed by atoms with E-state index in [0.717, 1.165) is 24.2 Å². The molecule has 1 atom stereocenters. The summed E-state index contributed by atoms with van der Waals surface area (Å²) >= 11 is 0. The van der Waals surface area contributed by atoms with Crippen molar-refractivity contribution in [1.82, 2.24) is 25.4 Å². The molecule has 2 aromatic rings. The quantitative estimate of drug-likeness (QED) is 0.739. The van der Waals surface area contributed by atoms with Crippen LogP contribution in [0.2, 0.25) is 0 Å². The molecule has 1 aromatic heterocycles. The maximum atomic E-state index is 12.5. The van der Waals surface area contributed by atoms with E-state index in [2.05, 4.69) is 20.5 Å². The smallest absolute Gasteiger partial charge is 0.251 e. The largest absolute Gasteiger partial charge is 0.341 e. The summed E-state index contributed by atoms with van der Waals surface area (Å²) in [6.45, 7) is 1.93. The summed E-state index contributed by atoms with van der Waals surface area (Å²) in [5, 5.41) is 9.87. The Bertz CT molecular complexity index is 1010. The number of hydrogen-bond donors (Lipinski definition) is 2. The van der Waals surface area contributed by atoms with Crippen molar-refractivity contribution in [3.05, 3.63) is 35.7 Å². The Kier molecular flexibility index (Phi) is 5.12. The summed E-state index contributed by atoms with van der Waals surface area (Å²) in [6.07, 6.45) is 2.27. The fourth-order valence-corrected chi connectivity index (χ4v) is 4.46. The van der Waals surface area contributed by atoms with Gasteiger partial charge in [-0.1, -0.05) is 12.1 Å². The predicted molar refractivity (Wildman–Crippen MR) is 106 cm³/mol. The molecule has 1 aromatic carbocycles. The normalized spacial score (nSPS) is 19.6. The number of rotatable bonds is 5. The zero-order valence-electron chi connectivity index (χ0n) is 16.1. The summed E-state index contributed by atoms with van der Waals surface area (Å²) in [4.78, 5) is 30.9. The third kappa shape index (κ3) is 4.47. The second-order valence-electron chi connectivity index (χ2n) is 7.57. The van der Waals surface area contributed by atoms with Crippen LogP contribution in [-0.2, 0) is 14.6 Å². The van der Waals surface area contributed by atoms with Crippen LogP contribution in [0, 0.1) is 0 Å². The molecule has 0 radical (unpaired) electrons. The molecule has 0 spiro atoms. The molecule has 9 nitrogen and oxygen atoms in total. The van der Waals surface area contributed by atoms with E-state index in [9.17, 15) is 18.0 Å². The maximum absolute atomic E-state index is 12.5. The van der Waals surface area contributed by atoms with Crippen molar-refractivity contribution < 1.29 is 18.0 Å². The highest BCUT2D eigenvalue weighted by Crippen LogP contribution is 2.38. The monoisotopic (exact) mass is 417 g/mol. The zero-order valence-corrected chi connectivity index (χ0v) is 16.9. The summed E-state index contributed by atoms with van der Waals surface area (Å²) in [7, 11) is -3.06. The minimum atomic E-state index is -3.06. The third-order valence-electron chi connectivity index (χ3n) is 5.25. The number of H-pyrrole nitrogens is 1. The predicted octanol–water partition coefficient (Wildman–Crippen LogP) is 0.724. The molecule has 29 heavy (non-hydrogen) atoms. The number of carbonyl (C=O) groups is 2. The molecule has 2 amide bonds. The van der Waals surface area contributed by atoms with E-state index >= 15 is 0 Å². The van der Waals surface area contributed by atoms with Crippen molar-refractivity contribution in [3.8, 4) is 11.4 Å². The standard InChI is InChI=1S/C19H23N5O4S/c1-12(19(26)24-8-10-29(27,28)11-9-24)20-18(25)15-6-4-14(5-7-15)17-21-16(22-23-17)13-2-3-13/h4-7,12-13H,2-3,8-11H2,1H3,(H,20,25)(H,21,22,23). The van der Waals surface area contributed by atoms with Crippen molar-refractivity contribution in [2.45, 2.75) is 31.7 Å². The number of sulfone groups is 1. The van der Waals surface area contributed by atoms with Gasteiger partial charge in [0.2, 0.25) is 5.91 Å². The molecular formula is C19H23N5O4S. The highest BCUT2D eigenvalue weighted by Gasteiger charge is 2.29. The van der Waals surface area contributed by atoms with E-state index in [-0.39, 0.29) is 36.4 Å². The van der Waals surface area contributed by atoms with E-state index in [1.807, 2.05) is 0 Å². The molecule has 2 N–H and O–H groups in total. The van der Waals surface area contributed by atoms with Gasteiger partial charge in [-0.25, -0.2) is 13.4 Å². The van der Waals surface area contributed by atoms with Gasteiger partial charge in [0.05, 0.1) is 11.5 Å². The van der Waals surface area contributed by atoms with Crippen molar-refractivity contribution in [2.24, 2.45) is 0 Å². The summed E-state index contributed by atoms with van der Waals surface area (Å²) in [5.74, 6) is 1.27. The topological polar surface area (TPSA) is 125 Å². The molecule has 1 saturated heterocycles. The summed E-state index contributed by atoms with van der Waals surface area (Å²) in [6, 6.07) is 6.15. The summed E-state index contributed by atoms with van der Waals surface area (Å²) in [5.41, 5.74) is 1.23. The maximum Gasteiger partial charge on any atom is 0.251 e. The zero-order chi connectivity index (χ0) is 20.6. The first kappa shape index (κ1) is 19.6. The van der Waals surface area contributed by atoms with E-state index in [4.69, 9.17) is 0 Å². The molecule has 1 aliphatic heterocycles. The molecular weight excluding hydrogens is 394 g/mol. The molecule has 10 heteroatoms. The summed E-state index contributed by atoms with van der Waals surface area (Å²) < 4.78 is 23.0. The van der Waals surface area contributed by atoms with Gasteiger partial charge in [-0.3, -0.25) is 14.7 Å². The highest BCUT2D eigenvalue weighted by molar-refractivity contribution is 7.91. The lowest BCUT2D eigenvalue weighted by molar-refractivity contribution is -0.132. The molecule has 1 aliphatic carbocycles. The SMILES string of the molecule is CC(NC(=O)c1ccc(-c2n[nH]c(C3CC3)n2)cc1)C(=O)N1CCS(=O)(=O)CC1. The average Bonchev–Trinajstić information content (AvgIpc) is 3.44. The minimum absolute atomic E-state index is 0.0371. The first-order valence-corrected chi connectivity index (χ1v) is 11.5. The lowest BCUT2D eigenvalue weighted by Gasteiger charge is -2.29. The van der Waals surface area contributed by atoms with Gasteiger partial charge in [0.1, 0.15) is 11.9 Å². The van der Waals surface area contributed by atoms with Gasteiger partial charge in [-0.15, -0.1) is 0 Å². The van der Waals surface area contributed by atoms with Crippen molar-refractivity contribution in [1.29, 1.82) is 0 Å². The molecule has 154 valence electrons. The highest BCUT2D eigenvalue weighted by atomic mass is 32.2. The van der Waals surface area contributed by atoms with E-state index in [1.54, 1.807) is 31.2 Å². The molecule has 1 saturated carbocycles. The Labute approximate surface area is 168 Å². The molecule has 2 aliphatic rings. The van der Waals surface area contributed by atoms with Gasteiger partial charge < -0.3 is 10.2 Å². The van der Waals surface area contributed by atoms with Gasteiger partial charge >= 0.3 is 0 Å². The number of nitrogens with zero attached hydrogens (tertiary/aromatic N) is 3. The molecule has 2 fully saturated rings. The second-order valence-corrected chi connectivity index (χ2v) is 9.87. The molecule has 2 heterocycles. The van der Waals surface area contributed by atoms with E-state index < -0.39 is 15.9 Å². The van der Waals surface area contributed by atoms with Gasteiger partial charge in [0.15, 0.2) is 15.7 Å².